The van der Waals surface area contributed by atoms with Gasteiger partial charge < -0.3 is 5.73 Å². The van der Waals surface area contributed by atoms with Gasteiger partial charge in [0.1, 0.15) is 0 Å². The molecule has 0 heterocycles. The van der Waals surface area contributed by atoms with Gasteiger partial charge in [-0.1, -0.05) is 57.0 Å². The molecule has 1 fully saturated rings. The molecule has 0 aliphatic heterocycles. The normalized spacial score (nSPS) is 32.1. The van der Waals surface area contributed by atoms with Crippen molar-refractivity contribution in [3.63, 3.8) is 0 Å². The fraction of sp³-hybridized carbons (Fsp3) is 0.562. The first kappa shape index (κ1) is 13.1. The largest absolute Gasteiger partial charge is 0.369 e. The Bertz CT molecular complexity index is 428. The highest BCUT2D eigenvalue weighted by atomic mass is 16.1. The molecule has 1 amide bonds. The van der Waals surface area contributed by atoms with Crippen molar-refractivity contribution in [2.75, 3.05) is 0 Å². The summed E-state index contributed by atoms with van der Waals surface area (Å²) >= 11 is 0. The molecule has 0 aromatic heterocycles. The lowest BCUT2D eigenvalue weighted by Crippen LogP contribution is -2.53. The summed E-state index contributed by atoms with van der Waals surface area (Å²) in [4.78, 5) is 12.1. The van der Waals surface area contributed by atoms with E-state index in [0.717, 1.165) is 25.7 Å². The molecular weight excluding hydrogens is 222 g/mol. The van der Waals surface area contributed by atoms with Gasteiger partial charge in [0.15, 0.2) is 0 Å². The maximum Gasteiger partial charge on any atom is 0.224 e. The highest BCUT2D eigenvalue weighted by molar-refractivity contribution is 5.83. The summed E-state index contributed by atoms with van der Waals surface area (Å²) in [5.41, 5.74) is 6.54. The fourth-order valence-corrected chi connectivity index (χ4v) is 3.78. The molecule has 1 aliphatic carbocycles. The summed E-state index contributed by atoms with van der Waals surface area (Å²) in [6.45, 7) is 4.31. The third-order valence-corrected chi connectivity index (χ3v) is 5.07. The van der Waals surface area contributed by atoms with E-state index in [9.17, 15) is 4.79 Å². The number of rotatable bonds is 3. The molecule has 0 bridgehead atoms. The molecule has 0 spiro atoms. The van der Waals surface area contributed by atoms with Crippen molar-refractivity contribution in [2.45, 2.75) is 51.4 Å². The van der Waals surface area contributed by atoms with Crippen molar-refractivity contribution in [3.8, 4) is 0 Å². The summed E-state index contributed by atoms with van der Waals surface area (Å²) in [6, 6.07) is 10.4. The molecule has 2 N–H and O–H groups in total. The van der Waals surface area contributed by atoms with E-state index in [1.807, 2.05) is 6.07 Å². The highest BCUT2D eigenvalue weighted by Crippen LogP contribution is 2.53. The number of primary amides is 1. The second kappa shape index (κ2) is 4.75. The third kappa shape index (κ3) is 1.75. The van der Waals surface area contributed by atoms with Crippen LogP contribution in [-0.4, -0.2) is 5.91 Å². The standard InChI is InChI=1S/C16H23NO/c1-3-16(14(17)18)12-8-7-11-15(16,2)13-9-5-4-6-10-13/h4-6,9-10H,3,7-8,11-12H2,1-2H3,(H2,17,18). The van der Waals surface area contributed by atoms with Crippen LogP contribution >= 0.6 is 0 Å². The molecule has 1 aromatic rings. The zero-order valence-electron chi connectivity index (χ0n) is 11.4. The zero-order valence-corrected chi connectivity index (χ0v) is 11.4. The van der Waals surface area contributed by atoms with Crippen molar-refractivity contribution in [2.24, 2.45) is 11.1 Å². The average Bonchev–Trinajstić information content (AvgIpc) is 2.40. The Balaban J connectivity index is 2.53. The number of benzene rings is 1. The van der Waals surface area contributed by atoms with Crippen LogP contribution in [0.15, 0.2) is 30.3 Å². The number of hydrogen-bond acceptors (Lipinski definition) is 1. The first-order valence-electron chi connectivity index (χ1n) is 6.92. The first-order chi connectivity index (χ1) is 8.57. The predicted molar refractivity (Wildman–Crippen MR) is 74.2 cm³/mol. The van der Waals surface area contributed by atoms with Crippen molar-refractivity contribution in [1.29, 1.82) is 0 Å². The average molecular weight is 245 g/mol. The molecule has 1 aliphatic rings. The Morgan fingerprint density at radius 2 is 1.83 bits per heavy atom. The van der Waals surface area contributed by atoms with E-state index in [2.05, 4.69) is 38.1 Å². The lowest BCUT2D eigenvalue weighted by Gasteiger charge is -2.50. The maximum atomic E-state index is 12.1. The maximum absolute atomic E-state index is 12.1. The van der Waals surface area contributed by atoms with E-state index >= 15 is 0 Å². The van der Waals surface area contributed by atoms with Gasteiger partial charge in [0.25, 0.3) is 0 Å². The number of carbonyl (C=O) groups excluding carboxylic acids is 1. The van der Waals surface area contributed by atoms with Gasteiger partial charge in [0, 0.05) is 5.41 Å². The molecule has 0 saturated heterocycles. The molecule has 98 valence electrons. The van der Waals surface area contributed by atoms with E-state index in [1.165, 1.54) is 12.0 Å². The van der Waals surface area contributed by atoms with Gasteiger partial charge in [-0.25, -0.2) is 0 Å². The highest BCUT2D eigenvalue weighted by Gasteiger charge is 2.53. The van der Waals surface area contributed by atoms with Crippen molar-refractivity contribution < 1.29 is 4.79 Å². The van der Waals surface area contributed by atoms with Gasteiger partial charge in [-0.3, -0.25) is 4.79 Å². The minimum absolute atomic E-state index is 0.118. The zero-order chi connectivity index (χ0) is 13.2. The van der Waals surface area contributed by atoms with Gasteiger partial charge >= 0.3 is 0 Å². The van der Waals surface area contributed by atoms with Crippen LogP contribution in [0.3, 0.4) is 0 Å². The van der Waals surface area contributed by atoms with Crippen molar-refractivity contribution in [1.82, 2.24) is 0 Å². The van der Waals surface area contributed by atoms with Gasteiger partial charge in [-0.15, -0.1) is 0 Å². The molecule has 0 radical (unpaired) electrons. The molecule has 2 unspecified atom stereocenters. The van der Waals surface area contributed by atoms with Gasteiger partial charge in [-0.2, -0.15) is 0 Å². The van der Waals surface area contributed by atoms with E-state index in [0.29, 0.717) is 0 Å². The van der Waals surface area contributed by atoms with Crippen LogP contribution in [0.2, 0.25) is 0 Å². The van der Waals surface area contributed by atoms with E-state index < -0.39 is 0 Å². The number of nitrogens with two attached hydrogens (primary N) is 1. The predicted octanol–water partition coefficient (Wildman–Crippen LogP) is 3.40. The number of carbonyl (C=O) groups is 1. The van der Waals surface area contributed by atoms with Gasteiger partial charge in [-0.05, 0) is 24.8 Å². The lowest BCUT2D eigenvalue weighted by atomic mass is 9.52. The van der Waals surface area contributed by atoms with Gasteiger partial charge in [0.2, 0.25) is 5.91 Å². The molecule has 2 atom stereocenters. The van der Waals surface area contributed by atoms with Crippen LogP contribution in [0.5, 0.6) is 0 Å². The van der Waals surface area contributed by atoms with Crippen LogP contribution in [0, 0.1) is 5.41 Å². The SMILES string of the molecule is CCC1(C(N)=O)CCCCC1(C)c1ccccc1. The fourth-order valence-electron chi connectivity index (χ4n) is 3.78. The second-order valence-electron chi connectivity index (χ2n) is 5.71. The molecule has 1 saturated carbocycles. The molecule has 2 heteroatoms. The Kier molecular flexibility index (Phi) is 3.47. The lowest BCUT2D eigenvalue weighted by molar-refractivity contribution is -0.134. The van der Waals surface area contributed by atoms with E-state index in [4.69, 9.17) is 5.73 Å². The topological polar surface area (TPSA) is 43.1 Å². The summed E-state index contributed by atoms with van der Waals surface area (Å²) in [5, 5.41) is 0. The third-order valence-electron chi connectivity index (χ3n) is 5.07. The monoisotopic (exact) mass is 245 g/mol. The van der Waals surface area contributed by atoms with Gasteiger partial charge in [0.05, 0.1) is 5.41 Å². The summed E-state index contributed by atoms with van der Waals surface area (Å²) in [7, 11) is 0. The molecule has 2 nitrogen and oxygen atoms in total. The van der Waals surface area contributed by atoms with Crippen LogP contribution < -0.4 is 5.73 Å². The Morgan fingerprint density at radius 1 is 1.22 bits per heavy atom. The molecule has 1 aromatic carbocycles. The minimum atomic E-state index is -0.382. The first-order valence-corrected chi connectivity index (χ1v) is 6.92. The van der Waals surface area contributed by atoms with Crippen molar-refractivity contribution in [3.05, 3.63) is 35.9 Å². The second-order valence-corrected chi connectivity index (χ2v) is 5.71. The number of hydrogen-bond donors (Lipinski definition) is 1. The van der Waals surface area contributed by atoms with E-state index in [1.54, 1.807) is 0 Å². The molecular formula is C16H23NO. The van der Waals surface area contributed by atoms with Crippen molar-refractivity contribution >= 4 is 5.91 Å². The smallest absolute Gasteiger partial charge is 0.224 e. The minimum Gasteiger partial charge on any atom is -0.369 e. The molecule has 2 rings (SSSR count). The van der Waals surface area contributed by atoms with E-state index in [-0.39, 0.29) is 16.7 Å². The van der Waals surface area contributed by atoms with Crippen LogP contribution in [0.25, 0.3) is 0 Å². The van der Waals surface area contributed by atoms with Crippen LogP contribution in [-0.2, 0) is 10.2 Å². The molecule has 18 heavy (non-hydrogen) atoms. The van der Waals surface area contributed by atoms with Crippen LogP contribution in [0.1, 0.15) is 51.5 Å². The Hall–Kier alpha value is -1.31. The number of amides is 1. The quantitative estimate of drug-likeness (QED) is 0.871. The Morgan fingerprint density at radius 3 is 2.39 bits per heavy atom. The summed E-state index contributed by atoms with van der Waals surface area (Å²) in [5.74, 6) is -0.129. The summed E-state index contributed by atoms with van der Waals surface area (Å²) in [6.07, 6.45) is 5.09. The summed E-state index contributed by atoms with van der Waals surface area (Å²) < 4.78 is 0. The van der Waals surface area contributed by atoms with Crippen LogP contribution in [0.4, 0.5) is 0 Å². The Labute approximate surface area is 110 Å².